The van der Waals surface area contributed by atoms with E-state index >= 15 is 0 Å². The summed E-state index contributed by atoms with van der Waals surface area (Å²) in [6, 6.07) is 10.5. The molecule has 0 saturated carbocycles. The van der Waals surface area contributed by atoms with Crippen molar-refractivity contribution in [3.8, 4) is 0 Å². The van der Waals surface area contributed by atoms with E-state index in [2.05, 4.69) is 57.1 Å². The van der Waals surface area contributed by atoms with Crippen molar-refractivity contribution in [1.29, 1.82) is 0 Å². The van der Waals surface area contributed by atoms with Gasteiger partial charge >= 0.3 is 0 Å². The van der Waals surface area contributed by atoms with Crippen molar-refractivity contribution in [3.05, 3.63) is 57.3 Å². The van der Waals surface area contributed by atoms with Crippen molar-refractivity contribution in [2.45, 2.75) is 26.9 Å². The molecule has 0 amide bonds. The second-order valence-electron chi connectivity index (χ2n) is 5.04. The second-order valence-corrected chi connectivity index (χ2v) is 5.95. The summed E-state index contributed by atoms with van der Waals surface area (Å²) >= 11 is 3.51. The molecule has 0 aliphatic rings. The Morgan fingerprint density at radius 2 is 2.00 bits per heavy atom. The fourth-order valence-corrected chi connectivity index (χ4v) is 2.87. The molecule has 4 heteroatoms. The summed E-state index contributed by atoms with van der Waals surface area (Å²) in [6.07, 6.45) is 0. The van der Waals surface area contributed by atoms with Gasteiger partial charge in [-0.1, -0.05) is 28.1 Å². The molecular formula is C16H20BrN3. The Morgan fingerprint density at radius 3 is 2.65 bits per heavy atom. The highest BCUT2D eigenvalue weighted by molar-refractivity contribution is 9.10. The molecule has 0 saturated heterocycles. The van der Waals surface area contributed by atoms with Crippen molar-refractivity contribution in [1.82, 2.24) is 4.98 Å². The van der Waals surface area contributed by atoms with E-state index in [0.717, 1.165) is 33.7 Å². The van der Waals surface area contributed by atoms with E-state index < -0.39 is 0 Å². The number of halogens is 1. The fraction of sp³-hybridized carbons (Fsp3) is 0.312. The molecule has 2 N–H and O–H groups in total. The van der Waals surface area contributed by atoms with Crippen molar-refractivity contribution in [2.24, 2.45) is 5.73 Å². The molecule has 1 aromatic heterocycles. The number of benzene rings is 1. The van der Waals surface area contributed by atoms with E-state index in [1.165, 1.54) is 5.56 Å². The van der Waals surface area contributed by atoms with Crippen LogP contribution in [0.25, 0.3) is 0 Å². The van der Waals surface area contributed by atoms with Gasteiger partial charge in [-0.05, 0) is 37.6 Å². The molecule has 0 bridgehead atoms. The number of aromatic nitrogens is 1. The minimum atomic E-state index is 0.511. The Labute approximate surface area is 129 Å². The van der Waals surface area contributed by atoms with Crippen LogP contribution in [0.3, 0.4) is 0 Å². The number of rotatable bonds is 4. The molecule has 0 spiro atoms. The molecule has 1 aromatic carbocycles. The van der Waals surface area contributed by atoms with Crippen LogP contribution in [0.15, 0.2) is 34.8 Å². The highest BCUT2D eigenvalue weighted by atomic mass is 79.9. The van der Waals surface area contributed by atoms with Gasteiger partial charge in [0, 0.05) is 47.2 Å². The summed E-state index contributed by atoms with van der Waals surface area (Å²) in [7, 11) is 2.09. The highest BCUT2D eigenvalue weighted by Gasteiger charge is 2.11. The standard InChI is InChI=1S/C16H20BrN3/c1-11-7-16(15(9-18)12(2)19-11)20(3)10-13-5-4-6-14(17)8-13/h4-8H,9-10,18H2,1-3H3. The lowest BCUT2D eigenvalue weighted by Gasteiger charge is -2.24. The summed E-state index contributed by atoms with van der Waals surface area (Å²) < 4.78 is 1.10. The third-order valence-electron chi connectivity index (χ3n) is 3.36. The number of aryl methyl sites for hydroxylation is 2. The van der Waals surface area contributed by atoms with Crippen molar-refractivity contribution in [2.75, 3.05) is 11.9 Å². The normalized spacial score (nSPS) is 10.7. The van der Waals surface area contributed by atoms with Gasteiger partial charge in [0.05, 0.1) is 0 Å². The fourth-order valence-electron chi connectivity index (χ4n) is 2.42. The smallest absolute Gasteiger partial charge is 0.0448 e. The number of anilines is 1. The van der Waals surface area contributed by atoms with Crippen LogP contribution >= 0.6 is 15.9 Å². The maximum Gasteiger partial charge on any atom is 0.0448 e. The molecule has 1 heterocycles. The van der Waals surface area contributed by atoms with E-state index in [1.54, 1.807) is 0 Å². The lowest BCUT2D eigenvalue weighted by molar-refractivity contribution is 0.884. The van der Waals surface area contributed by atoms with Crippen molar-refractivity contribution in [3.63, 3.8) is 0 Å². The lowest BCUT2D eigenvalue weighted by atomic mass is 10.1. The zero-order valence-electron chi connectivity index (χ0n) is 12.2. The second kappa shape index (κ2) is 6.37. The minimum Gasteiger partial charge on any atom is -0.370 e. The molecule has 0 atom stereocenters. The van der Waals surface area contributed by atoms with Gasteiger partial charge in [-0.3, -0.25) is 4.98 Å². The number of hydrogen-bond donors (Lipinski definition) is 1. The van der Waals surface area contributed by atoms with Crippen LogP contribution in [0.1, 0.15) is 22.5 Å². The van der Waals surface area contributed by atoms with Crippen LogP contribution in [-0.2, 0) is 13.1 Å². The average molecular weight is 334 g/mol. The first-order valence-corrected chi connectivity index (χ1v) is 7.43. The zero-order chi connectivity index (χ0) is 14.7. The molecule has 0 fully saturated rings. The monoisotopic (exact) mass is 333 g/mol. The van der Waals surface area contributed by atoms with Crippen molar-refractivity contribution >= 4 is 21.6 Å². The Morgan fingerprint density at radius 1 is 1.25 bits per heavy atom. The summed E-state index contributed by atoms with van der Waals surface area (Å²) in [5, 5.41) is 0. The highest BCUT2D eigenvalue weighted by Crippen LogP contribution is 2.24. The number of hydrogen-bond acceptors (Lipinski definition) is 3. The van der Waals surface area contributed by atoms with Crippen LogP contribution < -0.4 is 10.6 Å². The zero-order valence-corrected chi connectivity index (χ0v) is 13.7. The first-order chi connectivity index (χ1) is 9.51. The Bertz CT molecular complexity index is 611. The van der Waals surface area contributed by atoms with Gasteiger partial charge in [-0.2, -0.15) is 0 Å². The van der Waals surface area contributed by atoms with Gasteiger partial charge in [0.25, 0.3) is 0 Å². The van der Waals surface area contributed by atoms with E-state index in [1.807, 2.05) is 19.9 Å². The Hall–Kier alpha value is -1.39. The summed E-state index contributed by atoms with van der Waals surface area (Å²) in [5.74, 6) is 0. The molecule has 0 aliphatic heterocycles. The molecule has 2 rings (SSSR count). The van der Waals surface area contributed by atoms with Crippen LogP contribution in [0.4, 0.5) is 5.69 Å². The largest absolute Gasteiger partial charge is 0.370 e. The summed E-state index contributed by atoms with van der Waals surface area (Å²) in [4.78, 5) is 6.72. The topological polar surface area (TPSA) is 42.1 Å². The molecule has 3 nitrogen and oxygen atoms in total. The van der Waals surface area contributed by atoms with E-state index in [9.17, 15) is 0 Å². The average Bonchev–Trinajstić information content (AvgIpc) is 2.37. The molecular weight excluding hydrogens is 314 g/mol. The minimum absolute atomic E-state index is 0.511. The SMILES string of the molecule is Cc1cc(N(C)Cc2cccc(Br)c2)c(CN)c(C)n1. The van der Waals surface area contributed by atoms with E-state index in [4.69, 9.17) is 5.73 Å². The van der Waals surface area contributed by atoms with E-state index in [0.29, 0.717) is 6.54 Å². The maximum atomic E-state index is 5.88. The van der Waals surface area contributed by atoms with Gasteiger partial charge in [-0.25, -0.2) is 0 Å². The third-order valence-corrected chi connectivity index (χ3v) is 3.85. The molecule has 0 radical (unpaired) electrons. The molecule has 2 aromatic rings. The predicted molar refractivity (Wildman–Crippen MR) is 87.9 cm³/mol. The van der Waals surface area contributed by atoms with Gasteiger partial charge in [-0.15, -0.1) is 0 Å². The summed E-state index contributed by atoms with van der Waals surface area (Å²) in [5.41, 5.74) is 11.5. The first kappa shape index (κ1) is 15.0. The Kier molecular flexibility index (Phi) is 4.78. The van der Waals surface area contributed by atoms with Crippen LogP contribution in [0, 0.1) is 13.8 Å². The van der Waals surface area contributed by atoms with Crippen LogP contribution in [-0.4, -0.2) is 12.0 Å². The van der Waals surface area contributed by atoms with Gasteiger partial charge < -0.3 is 10.6 Å². The predicted octanol–water partition coefficient (Wildman–Crippen LogP) is 3.56. The molecule has 106 valence electrons. The van der Waals surface area contributed by atoms with Crippen LogP contribution in [0.2, 0.25) is 0 Å². The molecule has 0 aliphatic carbocycles. The van der Waals surface area contributed by atoms with Crippen LogP contribution in [0.5, 0.6) is 0 Å². The lowest BCUT2D eigenvalue weighted by Crippen LogP contribution is -2.20. The van der Waals surface area contributed by atoms with E-state index in [-0.39, 0.29) is 0 Å². The van der Waals surface area contributed by atoms with Crippen molar-refractivity contribution < 1.29 is 0 Å². The number of nitrogens with zero attached hydrogens (tertiary/aromatic N) is 2. The van der Waals surface area contributed by atoms with Gasteiger partial charge in [0.2, 0.25) is 0 Å². The molecule has 0 unspecified atom stereocenters. The maximum absolute atomic E-state index is 5.88. The molecule has 20 heavy (non-hydrogen) atoms. The van der Waals surface area contributed by atoms with Gasteiger partial charge in [0.1, 0.15) is 0 Å². The first-order valence-electron chi connectivity index (χ1n) is 6.64. The Balaban J connectivity index is 2.31. The quantitative estimate of drug-likeness (QED) is 0.930. The summed E-state index contributed by atoms with van der Waals surface area (Å²) in [6.45, 7) is 5.39. The van der Waals surface area contributed by atoms with Gasteiger partial charge in [0.15, 0.2) is 0 Å². The number of pyridine rings is 1. The third kappa shape index (κ3) is 3.38. The number of nitrogens with two attached hydrogens (primary N) is 1.